The summed E-state index contributed by atoms with van der Waals surface area (Å²) in [5.41, 5.74) is 8.04. The summed E-state index contributed by atoms with van der Waals surface area (Å²) in [5.74, 6) is 1.80. The van der Waals surface area contributed by atoms with Crippen molar-refractivity contribution in [2.45, 2.75) is 89.0 Å². The zero-order valence-corrected chi connectivity index (χ0v) is 44.3. The normalized spacial score (nSPS) is 12.1. The average Bonchev–Trinajstić information content (AvgIpc) is 3.78. The number of nitrogens with two attached hydrogens (primary N) is 1. The zero-order chi connectivity index (χ0) is 53.3. The number of aliphatic hydroxyl groups excluding tert-OH is 2. The van der Waals surface area contributed by atoms with Crippen LogP contribution in [0.5, 0.6) is 28.9 Å². The average molecular weight is 1070 g/mol. The number of fused-ring (bicyclic) bond motifs is 3. The Labute approximate surface area is 439 Å². The molecule has 0 fully saturated rings. The number of aromatic nitrogens is 6. The van der Waals surface area contributed by atoms with Gasteiger partial charge in [-0.15, -0.1) is 11.3 Å². The molecule has 74 heavy (non-hydrogen) atoms. The first-order chi connectivity index (χ1) is 35.6. The first-order valence-corrected chi connectivity index (χ1v) is 26.5. The number of anilines is 2. The van der Waals surface area contributed by atoms with E-state index in [2.05, 4.69) is 30.0 Å². The molecular weight excluding hydrogens is 1010 g/mol. The minimum Gasteiger partial charge on any atom is -0.495 e. The predicted molar refractivity (Wildman–Crippen MR) is 285 cm³/mol. The van der Waals surface area contributed by atoms with E-state index in [0.717, 1.165) is 52.2 Å². The highest BCUT2D eigenvalue weighted by atomic mass is 35.5. The lowest BCUT2D eigenvalue weighted by atomic mass is 9.87. The Hall–Kier alpha value is -6.75. The highest BCUT2D eigenvalue weighted by Gasteiger charge is 2.27. The van der Waals surface area contributed by atoms with Crippen LogP contribution in [-0.4, -0.2) is 100 Å². The van der Waals surface area contributed by atoms with Gasteiger partial charge in [0.1, 0.15) is 28.8 Å². The van der Waals surface area contributed by atoms with Gasteiger partial charge >= 0.3 is 5.97 Å². The van der Waals surface area contributed by atoms with Gasteiger partial charge in [-0.05, 0) is 103 Å². The molecule has 3 aromatic carbocycles. The number of hydrogen-bond donors (Lipinski definition) is 6. The van der Waals surface area contributed by atoms with Crippen LogP contribution in [0.2, 0.25) is 5.02 Å². The fourth-order valence-corrected chi connectivity index (χ4v) is 10.1. The molecule has 22 heteroatoms. The molecule has 0 spiro atoms. The molecule has 394 valence electrons. The first-order valence-electron chi connectivity index (χ1n) is 23.9. The standard InChI is InChI=1S/C27H29N5O6S.C23H26ClN3O3S.C2H7NO/c1-27(2,3)18-10-12-19(13-11-18)39(34,35)32-23-22(38-21-9-6-5-8-20(21)36-4)26(37-17-16-33)31-25(30-23)24-28-14-7-15-29-24;1-30-17-11-10-14(12-16(17)24)13-25-22-21-15-6-2-3-7-18(15)31-23(21)27-19(26-22)8-4-5-9-20(28)29;3-1-2-4/h5-15,33H,16-17H2,1-4H3,(H,30,31,32);10-12H,2-9,13H2,1H3,(H,28,29)(H,25,26,27);4H,1-3H2. The first kappa shape index (κ1) is 56.5. The number of carbonyl (C=O) groups is 1. The van der Waals surface area contributed by atoms with Crippen molar-refractivity contribution in [2.24, 2.45) is 5.73 Å². The predicted octanol–water partition coefficient (Wildman–Crippen LogP) is 8.78. The van der Waals surface area contributed by atoms with E-state index in [4.69, 9.17) is 56.5 Å². The number of halogens is 1. The largest absolute Gasteiger partial charge is 0.495 e. The van der Waals surface area contributed by atoms with E-state index in [9.17, 15) is 18.3 Å². The molecule has 0 saturated heterocycles. The maximum atomic E-state index is 13.5. The molecule has 1 aliphatic carbocycles. The number of rotatable bonds is 20. The Morgan fingerprint density at radius 2 is 1.54 bits per heavy atom. The lowest BCUT2D eigenvalue weighted by molar-refractivity contribution is -0.137. The number of carboxylic acid groups (broad SMARTS) is 1. The summed E-state index contributed by atoms with van der Waals surface area (Å²) < 4.78 is 51.8. The number of ether oxygens (including phenoxy) is 4. The monoisotopic (exact) mass is 1070 g/mol. The van der Waals surface area contributed by atoms with Crippen LogP contribution in [0.25, 0.3) is 21.9 Å². The van der Waals surface area contributed by atoms with Crippen molar-refractivity contribution < 1.29 is 47.5 Å². The van der Waals surface area contributed by atoms with E-state index >= 15 is 0 Å². The van der Waals surface area contributed by atoms with Gasteiger partial charge in [0.15, 0.2) is 23.1 Å². The summed E-state index contributed by atoms with van der Waals surface area (Å²) >= 11 is 8.06. The van der Waals surface area contributed by atoms with Crippen molar-refractivity contribution in [3.63, 3.8) is 0 Å². The number of hydrogen-bond acceptors (Lipinski definition) is 18. The van der Waals surface area contributed by atoms with Crippen LogP contribution < -0.4 is 34.7 Å². The Morgan fingerprint density at radius 3 is 2.19 bits per heavy atom. The zero-order valence-electron chi connectivity index (χ0n) is 41.9. The van der Waals surface area contributed by atoms with Crippen molar-refractivity contribution in [3.05, 3.63) is 118 Å². The minimum atomic E-state index is -4.14. The summed E-state index contributed by atoms with van der Waals surface area (Å²) in [4.78, 5) is 40.0. The number of thiophene rings is 1. The highest BCUT2D eigenvalue weighted by molar-refractivity contribution is 7.92. The summed E-state index contributed by atoms with van der Waals surface area (Å²) in [6.07, 6.45) is 9.85. The van der Waals surface area contributed by atoms with Crippen LogP contribution in [0.15, 0.2) is 90.1 Å². The van der Waals surface area contributed by atoms with Gasteiger partial charge in [-0.2, -0.15) is 4.98 Å². The number of para-hydroxylation sites is 2. The molecule has 7 N–H and O–H groups in total. The van der Waals surface area contributed by atoms with Gasteiger partial charge in [0.25, 0.3) is 15.9 Å². The third-order valence-corrected chi connectivity index (χ3v) is 14.0. The number of aryl methyl sites for hydroxylation is 3. The quantitative estimate of drug-likeness (QED) is 0.0389. The molecule has 4 heterocycles. The third-order valence-electron chi connectivity index (χ3n) is 11.2. The van der Waals surface area contributed by atoms with Crippen molar-refractivity contribution in [1.82, 2.24) is 29.9 Å². The lowest BCUT2D eigenvalue weighted by Gasteiger charge is -2.20. The molecule has 0 unspecified atom stereocenters. The molecule has 7 aromatic rings. The SMILES string of the molecule is COc1ccc(CNc2nc(CCCCC(=O)O)nc3sc4c(c23)CCCC4)cc1Cl.COc1ccccc1Oc1c(NS(=O)(=O)c2ccc(C(C)(C)C)cc2)nc(-c2ncccn2)nc1OCCO.NCCO. The Balaban J connectivity index is 0.000000230. The van der Waals surface area contributed by atoms with E-state index in [1.54, 1.807) is 60.9 Å². The summed E-state index contributed by atoms with van der Waals surface area (Å²) in [7, 11) is -1.06. The highest BCUT2D eigenvalue weighted by Crippen LogP contribution is 2.42. The van der Waals surface area contributed by atoms with Crippen LogP contribution in [0.4, 0.5) is 11.6 Å². The number of carboxylic acids is 1. The molecule has 4 aromatic heterocycles. The Bertz CT molecular complexity index is 3070. The fourth-order valence-electron chi connectivity index (χ4n) is 7.49. The van der Waals surface area contributed by atoms with E-state index in [-0.39, 0.29) is 71.4 Å². The van der Waals surface area contributed by atoms with Gasteiger partial charge in [0.05, 0.1) is 42.7 Å². The number of nitrogens with zero attached hydrogens (tertiary/aromatic N) is 6. The summed E-state index contributed by atoms with van der Waals surface area (Å²) in [6.45, 7) is 6.72. The number of nitrogens with one attached hydrogen (secondary N) is 2. The van der Waals surface area contributed by atoms with Gasteiger partial charge in [-0.25, -0.2) is 33.3 Å². The van der Waals surface area contributed by atoms with Crippen LogP contribution in [0, 0.1) is 0 Å². The van der Waals surface area contributed by atoms with Crippen LogP contribution in [0.3, 0.4) is 0 Å². The van der Waals surface area contributed by atoms with E-state index in [0.29, 0.717) is 42.5 Å². The van der Waals surface area contributed by atoms with Crippen molar-refractivity contribution in [1.29, 1.82) is 0 Å². The number of aliphatic hydroxyl groups is 2. The van der Waals surface area contributed by atoms with Gasteiger partial charge in [0, 0.05) is 43.2 Å². The molecule has 1 aliphatic rings. The maximum Gasteiger partial charge on any atom is 0.303 e. The third kappa shape index (κ3) is 15.4. The van der Waals surface area contributed by atoms with Crippen molar-refractivity contribution in [3.8, 4) is 40.5 Å². The van der Waals surface area contributed by atoms with E-state index in [1.165, 1.54) is 54.9 Å². The number of sulfonamides is 1. The number of benzene rings is 3. The second kappa shape index (κ2) is 27.0. The van der Waals surface area contributed by atoms with Gasteiger partial charge in [-0.3, -0.25) is 9.52 Å². The van der Waals surface area contributed by atoms with Crippen molar-refractivity contribution >= 4 is 60.8 Å². The fraction of sp³-hybridized carbons (Fsp3) is 0.365. The molecule has 0 atom stereocenters. The van der Waals surface area contributed by atoms with E-state index in [1.807, 2.05) is 39.0 Å². The van der Waals surface area contributed by atoms with Crippen LogP contribution in [0.1, 0.15) is 80.3 Å². The molecule has 0 aliphatic heterocycles. The molecular formula is C52H62ClN9O10S2. The maximum absolute atomic E-state index is 13.5. The number of methoxy groups -OCH3 is 2. The molecule has 8 rings (SSSR count). The van der Waals surface area contributed by atoms with Crippen LogP contribution in [-0.2, 0) is 46.0 Å². The smallest absolute Gasteiger partial charge is 0.303 e. The van der Waals surface area contributed by atoms with Gasteiger partial charge < -0.3 is 45.3 Å². The van der Waals surface area contributed by atoms with Gasteiger partial charge in [-0.1, -0.05) is 62.7 Å². The second-order valence-electron chi connectivity index (χ2n) is 17.6. The summed E-state index contributed by atoms with van der Waals surface area (Å²) in [5, 5.41) is 31.3. The number of unbranched alkanes of at least 4 members (excludes halogenated alkanes) is 1. The molecule has 0 radical (unpaired) electrons. The molecule has 0 amide bonds. The number of aliphatic carboxylic acids is 1. The summed E-state index contributed by atoms with van der Waals surface area (Å²) in [6, 6.07) is 20.7. The van der Waals surface area contributed by atoms with Crippen molar-refractivity contribution in [2.75, 3.05) is 50.6 Å². The van der Waals surface area contributed by atoms with E-state index < -0.39 is 16.0 Å². The molecule has 19 nitrogen and oxygen atoms in total. The Morgan fingerprint density at radius 1 is 0.838 bits per heavy atom. The minimum absolute atomic E-state index is 0.0169. The van der Waals surface area contributed by atoms with Crippen LogP contribution >= 0.6 is 22.9 Å². The second-order valence-corrected chi connectivity index (χ2v) is 20.8. The lowest BCUT2D eigenvalue weighted by Crippen LogP contribution is -2.17. The molecule has 0 saturated carbocycles. The topological polar surface area (TPSA) is 276 Å². The van der Waals surface area contributed by atoms with Gasteiger partial charge in [0.2, 0.25) is 11.6 Å². The Kier molecular flexibility index (Phi) is 20.6. The molecule has 0 bridgehead atoms.